The van der Waals surface area contributed by atoms with E-state index in [1.165, 1.54) is 0 Å². The number of carbonyl (C=O) groups is 1. The lowest BCUT2D eigenvalue weighted by Gasteiger charge is -2.37. The molecule has 6 atom stereocenters. The van der Waals surface area contributed by atoms with Gasteiger partial charge in [0.25, 0.3) is 0 Å². The Morgan fingerprint density at radius 2 is 1.27 bits per heavy atom. The number of hydrogen-bond donors (Lipinski definition) is 2. The molecule has 1 aromatic heterocycles. The first kappa shape index (κ1) is 31.1. The second kappa shape index (κ2) is 13.1. The zero-order valence-corrected chi connectivity index (χ0v) is 27.0. The van der Waals surface area contributed by atoms with Crippen molar-refractivity contribution in [2.75, 3.05) is 84.5 Å². The highest BCUT2D eigenvalue weighted by Gasteiger charge is 2.49. The summed E-state index contributed by atoms with van der Waals surface area (Å²) in [5.41, 5.74) is 3.13. The van der Waals surface area contributed by atoms with E-state index in [9.17, 15) is 13.6 Å². The molecule has 0 saturated carbocycles. The molecule has 6 heterocycles. The SMILES string of the molecule is CCN1CCN(c2ccc(NC(=O)Nc3ccc(-c4nc(N5[C@@H]6COC[C@H]5[C@@H](F)C6)nc(N5[C@@H]6COC[C@H]5[C@@H](F)C6)n4)cc3)cc2)CC1. The number of aromatic nitrogens is 3. The van der Waals surface area contributed by atoms with Gasteiger partial charge in [0.05, 0.1) is 50.6 Å². The number of ether oxygens (including phenoxy) is 2. The summed E-state index contributed by atoms with van der Waals surface area (Å²) >= 11 is 0. The highest BCUT2D eigenvalue weighted by atomic mass is 19.1. The average Bonchev–Trinajstić information content (AvgIpc) is 3.42. The number of hydrogen-bond acceptors (Lipinski definition) is 10. The van der Waals surface area contributed by atoms with Crippen LogP contribution in [0.5, 0.6) is 0 Å². The summed E-state index contributed by atoms with van der Waals surface area (Å²) in [6.45, 7) is 8.64. The van der Waals surface area contributed by atoms with E-state index in [4.69, 9.17) is 24.4 Å². The van der Waals surface area contributed by atoms with Crippen molar-refractivity contribution in [3.05, 3.63) is 48.5 Å². The summed E-state index contributed by atoms with van der Waals surface area (Å²) < 4.78 is 41.2. The van der Waals surface area contributed by atoms with Crippen LogP contribution in [-0.2, 0) is 9.47 Å². The molecule has 5 aliphatic rings. The van der Waals surface area contributed by atoms with Crippen molar-refractivity contribution in [3.63, 3.8) is 0 Å². The predicted octanol–water partition coefficient (Wildman–Crippen LogP) is 3.96. The molecular weight excluding hydrogens is 620 g/mol. The van der Waals surface area contributed by atoms with Crippen LogP contribution in [0.15, 0.2) is 48.5 Å². The molecular formula is C34H41F2N9O3. The molecule has 2 aromatic carbocycles. The fourth-order valence-electron chi connectivity index (χ4n) is 7.68. The van der Waals surface area contributed by atoms with E-state index in [0.29, 0.717) is 60.7 Å². The highest BCUT2D eigenvalue weighted by molar-refractivity contribution is 6.00. The molecule has 5 saturated heterocycles. The minimum atomic E-state index is -1.05. The zero-order valence-electron chi connectivity index (χ0n) is 27.0. The maximum absolute atomic E-state index is 15.0. The van der Waals surface area contributed by atoms with Crippen LogP contribution in [0.3, 0.4) is 0 Å². The normalized spacial score (nSPS) is 28.5. The first-order chi connectivity index (χ1) is 23.4. The summed E-state index contributed by atoms with van der Waals surface area (Å²) in [7, 11) is 0. The third-order valence-electron chi connectivity index (χ3n) is 10.3. The molecule has 2 N–H and O–H groups in total. The lowest BCUT2D eigenvalue weighted by molar-refractivity contribution is 0.0810. The predicted molar refractivity (Wildman–Crippen MR) is 179 cm³/mol. The molecule has 0 aliphatic carbocycles. The van der Waals surface area contributed by atoms with E-state index in [1.54, 1.807) is 12.1 Å². The molecule has 4 bridgehead atoms. The second-order valence-electron chi connectivity index (χ2n) is 13.2. The Hall–Kier alpha value is -4.14. The van der Waals surface area contributed by atoms with Crippen LogP contribution in [0.4, 0.5) is 42.5 Å². The number of likely N-dealkylation sites (N-methyl/N-ethyl adjacent to an activating group) is 1. The first-order valence-electron chi connectivity index (χ1n) is 17.0. The van der Waals surface area contributed by atoms with Crippen LogP contribution in [0.25, 0.3) is 11.4 Å². The largest absolute Gasteiger partial charge is 0.377 e. The van der Waals surface area contributed by atoms with Gasteiger partial charge in [0.1, 0.15) is 12.3 Å². The van der Waals surface area contributed by atoms with Gasteiger partial charge in [-0.2, -0.15) is 15.0 Å². The van der Waals surface area contributed by atoms with Crippen molar-refractivity contribution in [2.24, 2.45) is 0 Å². The summed E-state index contributed by atoms with van der Waals surface area (Å²) in [6, 6.07) is 13.4. The number of carbonyl (C=O) groups excluding carboxylic acids is 1. The van der Waals surface area contributed by atoms with E-state index in [2.05, 4.69) is 27.4 Å². The molecule has 8 rings (SSSR count). The number of anilines is 5. The fraction of sp³-hybridized carbons (Fsp3) is 0.529. The number of benzene rings is 2. The summed E-state index contributed by atoms with van der Waals surface area (Å²) in [6.07, 6.45) is -1.40. The fourth-order valence-corrected chi connectivity index (χ4v) is 7.68. The number of morpholine rings is 2. The lowest BCUT2D eigenvalue weighted by atomic mass is 10.2. The summed E-state index contributed by atoms with van der Waals surface area (Å²) in [5.74, 6) is 1.13. The third kappa shape index (κ3) is 6.01. The van der Waals surface area contributed by atoms with Crippen LogP contribution < -0.4 is 25.3 Å². The second-order valence-corrected chi connectivity index (χ2v) is 13.2. The van der Waals surface area contributed by atoms with E-state index in [1.807, 2.05) is 46.2 Å². The summed E-state index contributed by atoms with van der Waals surface area (Å²) in [5, 5.41) is 5.79. The maximum atomic E-state index is 15.0. The van der Waals surface area contributed by atoms with Crippen molar-refractivity contribution in [2.45, 2.75) is 56.3 Å². The topological polar surface area (TPSA) is 111 Å². The summed E-state index contributed by atoms with van der Waals surface area (Å²) in [4.78, 5) is 35.9. The van der Waals surface area contributed by atoms with Gasteiger partial charge in [-0.05, 0) is 55.1 Å². The number of nitrogens with zero attached hydrogens (tertiary/aromatic N) is 7. The molecule has 14 heteroatoms. The minimum Gasteiger partial charge on any atom is -0.377 e. The molecule has 2 amide bonds. The number of halogens is 2. The van der Waals surface area contributed by atoms with Crippen LogP contribution in [0, 0.1) is 0 Å². The molecule has 0 unspecified atom stereocenters. The Labute approximate surface area is 278 Å². The number of alkyl halides is 2. The van der Waals surface area contributed by atoms with Gasteiger partial charge < -0.3 is 39.7 Å². The van der Waals surface area contributed by atoms with Gasteiger partial charge in [-0.1, -0.05) is 6.92 Å². The Morgan fingerprint density at radius 1 is 0.750 bits per heavy atom. The minimum absolute atomic E-state index is 0.185. The van der Waals surface area contributed by atoms with Crippen molar-refractivity contribution < 1.29 is 23.0 Å². The van der Waals surface area contributed by atoms with E-state index in [0.717, 1.165) is 38.4 Å². The maximum Gasteiger partial charge on any atom is 0.323 e. The molecule has 48 heavy (non-hydrogen) atoms. The van der Waals surface area contributed by atoms with Crippen molar-refractivity contribution >= 4 is 35.0 Å². The van der Waals surface area contributed by atoms with Crippen molar-refractivity contribution in [1.29, 1.82) is 0 Å². The Kier molecular flexibility index (Phi) is 8.47. The number of fused-ring (bicyclic) bond motifs is 4. The first-order valence-corrected chi connectivity index (χ1v) is 17.0. The number of rotatable bonds is 7. The third-order valence-corrected chi connectivity index (χ3v) is 10.3. The highest BCUT2D eigenvalue weighted by Crippen LogP contribution is 2.38. The Bertz CT molecular complexity index is 1560. The molecule has 5 aliphatic heterocycles. The van der Waals surface area contributed by atoms with Crippen LogP contribution in [0.2, 0.25) is 0 Å². The van der Waals surface area contributed by atoms with Crippen LogP contribution in [-0.4, -0.2) is 122 Å². The molecule has 254 valence electrons. The van der Waals surface area contributed by atoms with Gasteiger partial charge in [0, 0.05) is 61.6 Å². The number of piperazine rings is 1. The van der Waals surface area contributed by atoms with Gasteiger partial charge in [0.15, 0.2) is 5.82 Å². The van der Waals surface area contributed by atoms with E-state index < -0.39 is 24.4 Å². The lowest BCUT2D eigenvalue weighted by Crippen LogP contribution is -2.50. The van der Waals surface area contributed by atoms with E-state index >= 15 is 0 Å². The number of amides is 2. The molecule has 12 nitrogen and oxygen atoms in total. The van der Waals surface area contributed by atoms with E-state index in [-0.39, 0.29) is 31.3 Å². The Balaban J connectivity index is 0.985. The van der Waals surface area contributed by atoms with Crippen LogP contribution in [0.1, 0.15) is 19.8 Å². The van der Waals surface area contributed by atoms with Crippen molar-refractivity contribution in [3.8, 4) is 11.4 Å². The Morgan fingerprint density at radius 3 is 1.77 bits per heavy atom. The van der Waals surface area contributed by atoms with Gasteiger partial charge in [-0.25, -0.2) is 13.6 Å². The van der Waals surface area contributed by atoms with Crippen LogP contribution >= 0.6 is 0 Å². The number of nitrogens with one attached hydrogen (secondary N) is 2. The van der Waals surface area contributed by atoms with Crippen molar-refractivity contribution in [1.82, 2.24) is 19.9 Å². The zero-order chi connectivity index (χ0) is 32.8. The standard InChI is InChI=1S/C34H41F2N9O3/c1-2-42-11-13-43(14-12-42)24-9-7-23(8-10-24)38-34(46)37-22-5-3-21(4-6-22)31-39-32(44-25-15-27(35)29(44)19-47-17-25)41-33(40-31)45-26-16-28(36)30(45)20-48-18-26/h3-10,25-30H,2,11-20H2,1H3,(H2,37,38,46)/t25-,26-,27-,28-,29-,30-/m0/s1. The molecule has 0 radical (unpaired) electrons. The molecule has 3 aromatic rings. The average molecular weight is 662 g/mol. The quantitative estimate of drug-likeness (QED) is 0.386. The van der Waals surface area contributed by atoms with Gasteiger partial charge >= 0.3 is 6.03 Å². The molecule has 0 spiro atoms. The number of urea groups is 1. The van der Waals surface area contributed by atoms with Gasteiger partial charge in [-0.15, -0.1) is 0 Å². The van der Waals surface area contributed by atoms with Gasteiger partial charge in [-0.3, -0.25) is 0 Å². The molecule has 5 fully saturated rings. The monoisotopic (exact) mass is 661 g/mol. The van der Waals surface area contributed by atoms with Gasteiger partial charge in [0.2, 0.25) is 11.9 Å². The smallest absolute Gasteiger partial charge is 0.323 e.